The van der Waals surface area contributed by atoms with Crippen LogP contribution in [0.5, 0.6) is 0 Å². The van der Waals surface area contributed by atoms with E-state index in [0.717, 1.165) is 17.5 Å². The molecular formula is C22H20N6O. The normalized spacial score (nSPS) is 10.8. The van der Waals surface area contributed by atoms with Gasteiger partial charge in [-0.05, 0) is 42.3 Å². The van der Waals surface area contributed by atoms with Gasteiger partial charge in [-0.25, -0.2) is 4.98 Å². The van der Waals surface area contributed by atoms with Gasteiger partial charge in [0.25, 0.3) is 5.91 Å². The number of imidazole rings is 1. The maximum absolute atomic E-state index is 12.8. The minimum Gasteiger partial charge on any atom is -0.384 e. The predicted octanol–water partition coefficient (Wildman–Crippen LogP) is 2.88. The van der Waals surface area contributed by atoms with E-state index >= 15 is 0 Å². The summed E-state index contributed by atoms with van der Waals surface area (Å²) in [5, 5.41) is 10.5. The van der Waals surface area contributed by atoms with Gasteiger partial charge in [-0.3, -0.25) is 15.2 Å². The number of carbonyl (C=O) groups is 1. The summed E-state index contributed by atoms with van der Waals surface area (Å²) in [6.45, 7) is 0.527. The lowest BCUT2D eigenvalue weighted by atomic mass is 10.1. The molecule has 2 heterocycles. The van der Waals surface area contributed by atoms with Crippen molar-refractivity contribution in [1.82, 2.24) is 20.3 Å². The van der Waals surface area contributed by atoms with Gasteiger partial charge in [-0.2, -0.15) is 0 Å². The number of pyridine rings is 1. The maximum Gasteiger partial charge on any atom is 0.253 e. The average Bonchev–Trinajstić information content (AvgIpc) is 3.17. The molecule has 0 aliphatic rings. The van der Waals surface area contributed by atoms with Crippen molar-refractivity contribution in [2.24, 2.45) is 5.73 Å². The van der Waals surface area contributed by atoms with Gasteiger partial charge in [0.15, 0.2) is 5.82 Å². The van der Waals surface area contributed by atoms with Crippen LogP contribution in [0.15, 0.2) is 66.9 Å². The summed E-state index contributed by atoms with van der Waals surface area (Å²) in [5.74, 6) is 0.274. The fourth-order valence-electron chi connectivity index (χ4n) is 3.12. The van der Waals surface area contributed by atoms with E-state index in [1.807, 2.05) is 36.4 Å². The van der Waals surface area contributed by atoms with E-state index in [2.05, 4.69) is 20.3 Å². The predicted molar refractivity (Wildman–Crippen MR) is 113 cm³/mol. The Morgan fingerprint density at radius 1 is 1.10 bits per heavy atom. The van der Waals surface area contributed by atoms with Crippen molar-refractivity contribution in [2.45, 2.75) is 6.42 Å². The summed E-state index contributed by atoms with van der Waals surface area (Å²) in [6, 6.07) is 18.8. The standard InChI is InChI=1S/C22H20N6O/c23-20(24)15-8-9-17-18(13-15)28-21(27-17)19-16(7-4-11-25-19)22(29)26-12-10-14-5-2-1-3-6-14/h1-9,11,13H,10,12H2,(H3,23,24)(H,26,29)(H,27,28). The summed E-state index contributed by atoms with van der Waals surface area (Å²) in [7, 11) is 0. The second-order valence-corrected chi connectivity index (χ2v) is 6.62. The summed E-state index contributed by atoms with van der Waals surface area (Å²) in [5.41, 5.74) is 9.68. The van der Waals surface area contributed by atoms with Gasteiger partial charge < -0.3 is 16.0 Å². The van der Waals surface area contributed by atoms with Gasteiger partial charge in [0, 0.05) is 18.3 Å². The molecule has 29 heavy (non-hydrogen) atoms. The number of amides is 1. The molecule has 7 heteroatoms. The zero-order chi connectivity index (χ0) is 20.2. The number of nitrogens with two attached hydrogens (primary N) is 1. The molecule has 0 saturated heterocycles. The molecule has 1 amide bonds. The molecule has 2 aromatic heterocycles. The van der Waals surface area contributed by atoms with E-state index in [0.29, 0.717) is 34.7 Å². The third-order valence-corrected chi connectivity index (χ3v) is 4.61. The molecule has 5 N–H and O–H groups in total. The molecule has 0 fully saturated rings. The lowest BCUT2D eigenvalue weighted by Crippen LogP contribution is -2.26. The molecule has 0 unspecified atom stereocenters. The van der Waals surface area contributed by atoms with E-state index in [1.165, 1.54) is 0 Å². The van der Waals surface area contributed by atoms with Crippen molar-refractivity contribution in [1.29, 1.82) is 5.41 Å². The molecule has 0 aliphatic heterocycles. The number of fused-ring (bicyclic) bond motifs is 1. The topological polar surface area (TPSA) is 121 Å². The van der Waals surface area contributed by atoms with Crippen LogP contribution < -0.4 is 11.1 Å². The van der Waals surface area contributed by atoms with Crippen molar-refractivity contribution < 1.29 is 4.79 Å². The van der Waals surface area contributed by atoms with E-state index in [1.54, 1.807) is 30.5 Å². The quantitative estimate of drug-likeness (QED) is 0.302. The summed E-state index contributed by atoms with van der Waals surface area (Å²) < 4.78 is 0. The molecule has 2 aromatic carbocycles. The Labute approximate surface area is 167 Å². The Morgan fingerprint density at radius 2 is 1.93 bits per heavy atom. The highest BCUT2D eigenvalue weighted by Gasteiger charge is 2.17. The third-order valence-electron chi connectivity index (χ3n) is 4.61. The molecule has 7 nitrogen and oxygen atoms in total. The number of hydrogen-bond donors (Lipinski definition) is 4. The number of amidine groups is 1. The highest BCUT2D eigenvalue weighted by Crippen LogP contribution is 2.22. The van der Waals surface area contributed by atoms with Crippen molar-refractivity contribution in [3.8, 4) is 11.5 Å². The number of nitrogens with zero attached hydrogens (tertiary/aromatic N) is 2. The van der Waals surface area contributed by atoms with E-state index in [9.17, 15) is 4.79 Å². The Bertz CT molecular complexity index is 1180. The monoisotopic (exact) mass is 384 g/mol. The first kappa shape index (κ1) is 18.4. The largest absolute Gasteiger partial charge is 0.384 e. The second-order valence-electron chi connectivity index (χ2n) is 6.62. The van der Waals surface area contributed by atoms with Gasteiger partial charge >= 0.3 is 0 Å². The van der Waals surface area contributed by atoms with Crippen LogP contribution in [0.1, 0.15) is 21.5 Å². The number of nitrogens with one attached hydrogen (secondary N) is 3. The summed E-state index contributed by atoms with van der Waals surface area (Å²) >= 11 is 0. The fraction of sp³-hybridized carbons (Fsp3) is 0.0909. The average molecular weight is 384 g/mol. The molecule has 0 radical (unpaired) electrons. The zero-order valence-electron chi connectivity index (χ0n) is 15.6. The molecule has 144 valence electrons. The van der Waals surface area contributed by atoms with Gasteiger partial charge in [0.05, 0.1) is 16.6 Å². The number of hydrogen-bond acceptors (Lipinski definition) is 4. The van der Waals surface area contributed by atoms with Crippen LogP contribution in [-0.2, 0) is 6.42 Å². The molecule has 0 bridgehead atoms. The minimum atomic E-state index is -0.200. The third kappa shape index (κ3) is 3.98. The van der Waals surface area contributed by atoms with Gasteiger partial charge in [0.2, 0.25) is 0 Å². The molecule has 0 spiro atoms. The first-order chi connectivity index (χ1) is 14.1. The number of aromatic nitrogens is 3. The molecular weight excluding hydrogens is 364 g/mol. The van der Waals surface area contributed by atoms with Crippen LogP contribution >= 0.6 is 0 Å². The lowest BCUT2D eigenvalue weighted by molar-refractivity contribution is 0.0954. The lowest BCUT2D eigenvalue weighted by Gasteiger charge is -2.08. The number of rotatable bonds is 6. The molecule has 0 saturated carbocycles. The number of nitrogen functional groups attached to an aromatic ring is 1. The van der Waals surface area contributed by atoms with Crippen LogP contribution in [0.2, 0.25) is 0 Å². The smallest absolute Gasteiger partial charge is 0.253 e. The van der Waals surface area contributed by atoms with Crippen molar-refractivity contribution in [2.75, 3.05) is 6.54 Å². The highest BCUT2D eigenvalue weighted by atomic mass is 16.1. The Kier molecular flexibility index (Phi) is 5.03. The van der Waals surface area contributed by atoms with E-state index in [-0.39, 0.29) is 11.7 Å². The maximum atomic E-state index is 12.8. The second kappa shape index (κ2) is 7.93. The van der Waals surface area contributed by atoms with Crippen LogP contribution in [0.25, 0.3) is 22.6 Å². The summed E-state index contributed by atoms with van der Waals surface area (Å²) in [6.07, 6.45) is 2.38. The highest BCUT2D eigenvalue weighted by molar-refractivity contribution is 6.00. The van der Waals surface area contributed by atoms with Crippen LogP contribution in [0, 0.1) is 5.41 Å². The van der Waals surface area contributed by atoms with E-state index < -0.39 is 0 Å². The molecule has 4 rings (SSSR count). The zero-order valence-corrected chi connectivity index (χ0v) is 15.6. The van der Waals surface area contributed by atoms with Crippen LogP contribution in [0.3, 0.4) is 0 Å². The Morgan fingerprint density at radius 3 is 2.72 bits per heavy atom. The molecule has 4 aromatic rings. The SMILES string of the molecule is N=C(N)c1ccc2[nH]c(-c3ncccc3C(=O)NCCc3ccccc3)nc2c1. The number of H-pyrrole nitrogens is 1. The fourth-order valence-corrected chi connectivity index (χ4v) is 3.12. The minimum absolute atomic E-state index is 0.0206. The Balaban J connectivity index is 1.57. The Hall–Kier alpha value is -4.00. The van der Waals surface area contributed by atoms with Crippen molar-refractivity contribution in [3.05, 3.63) is 83.6 Å². The number of benzene rings is 2. The first-order valence-corrected chi connectivity index (χ1v) is 9.23. The van der Waals surface area contributed by atoms with Crippen LogP contribution in [0.4, 0.5) is 0 Å². The molecule has 0 aliphatic carbocycles. The van der Waals surface area contributed by atoms with E-state index in [4.69, 9.17) is 11.1 Å². The number of aromatic amines is 1. The summed E-state index contributed by atoms with van der Waals surface area (Å²) in [4.78, 5) is 24.9. The number of carbonyl (C=O) groups excluding carboxylic acids is 1. The van der Waals surface area contributed by atoms with Crippen molar-refractivity contribution in [3.63, 3.8) is 0 Å². The van der Waals surface area contributed by atoms with Gasteiger partial charge in [-0.1, -0.05) is 30.3 Å². The van der Waals surface area contributed by atoms with Gasteiger partial charge in [-0.15, -0.1) is 0 Å². The first-order valence-electron chi connectivity index (χ1n) is 9.23. The van der Waals surface area contributed by atoms with Crippen LogP contribution in [-0.4, -0.2) is 33.2 Å². The molecule has 0 atom stereocenters. The van der Waals surface area contributed by atoms with Gasteiger partial charge in [0.1, 0.15) is 11.5 Å². The van der Waals surface area contributed by atoms with Crippen molar-refractivity contribution >= 4 is 22.8 Å².